The maximum absolute atomic E-state index is 12.5. The average molecular weight is 352 g/mol. The molecule has 26 heavy (non-hydrogen) atoms. The Morgan fingerprint density at radius 3 is 2.46 bits per heavy atom. The van der Waals surface area contributed by atoms with Gasteiger partial charge in [0, 0.05) is 35.1 Å². The van der Waals surface area contributed by atoms with Crippen LogP contribution in [-0.2, 0) is 11.3 Å². The van der Waals surface area contributed by atoms with Crippen LogP contribution in [0.15, 0.2) is 53.3 Å². The normalized spacial score (nSPS) is 10.6. The highest BCUT2D eigenvalue weighted by molar-refractivity contribution is 5.91. The molecule has 0 spiro atoms. The first-order chi connectivity index (χ1) is 12.5. The van der Waals surface area contributed by atoms with Gasteiger partial charge in [-0.1, -0.05) is 6.07 Å². The third kappa shape index (κ3) is 3.54. The molecule has 0 saturated heterocycles. The second kappa shape index (κ2) is 7.31. The van der Waals surface area contributed by atoms with E-state index in [-0.39, 0.29) is 18.0 Å². The highest BCUT2D eigenvalue weighted by Gasteiger charge is 2.15. The number of ether oxygens (including phenoxy) is 2. The van der Waals surface area contributed by atoms with Gasteiger partial charge < -0.3 is 19.4 Å². The van der Waals surface area contributed by atoms with E-state index in [9.17, 15) is 9.59 Å². The number of anilines is 1. The Labute approximate surface area is 151 Å². The SMILES string of the molecule is COc1cccc(N(Cc2cc3cc(OC)ccc3[nH]c2=O)C(C)=O)c1. The minimum atomic E-state index is -0.225. The summed E-state index contributed by atoms with van der Waals surface area (Å²) in [5, 5.41) is 0.841. The monoisotopic (exact) mass is 352 g/mol. The summed E-state index contributed by atoms with van der Waals surface area (Å²) in [4.78, 5) is 29.0. The van der Waals surface area contributed by atoms with Gasteiger partial charge in [-0.05, 0) is 36.4 Å². The van der Waals surface area contributed by atoms with E-state index in [0.717, 1.165) is 10.9 Å². The Kier molecular flexibility index (Phi) is 4.93. The standard InChI is InChI=1S/C20H20N2O4/c1-13(23)22(16-5-4-6-17(11-16)25-2)12-15-9-14-10-18(26-3)7-8-19(14)21-20(15)24/h4-11H,12H2,1-3H3,(H,21,24). The highest BCUT2D eigenvalue weighted by Crippen LogP contribution is 2.24. The fraction of sp³-hybridized carbons (Fsp3) is 0.200. The number of carbonyl (C=O) groups excluding carboxylic acids is 1. The number of benzene rings is 2. The third-order valence-electron chi connectivity index (χ3n) is 4.20. The smallest absolute Gasteiger partial charge is 0.253 e. The van der Waals surface area contributed by atoms with Gasteiger partial charge in [0.1, 0.15) is 11.5 Å². The summed E-state index contributed by atoms with van der Waals surface area (Å²) in [5.74, 6) is 1.18. The molecule has 3 aromatic rings. The van der Waals surface area contributed by atoms with Crippen molar-refractivity contribution in [3.05, 3.63) is 64.4 Å². The lowest BCUT2D eigenvalue weighted by molar-refractivity contribution is -0.116. The summed E-state index contributed by atoms with van der Waals surface area (Å²) in [7, 11) is 3.16. The zero-order valence-corrected chi connectivity index (χ0v) is 14.9. The van der Waals surface area contributed by atoms with E-state index in [1.54, 1.807) is 55.5 Å². The molecule has 0 saturated carbocycles. The number of rotatable bonds is 5. The average Bonchev–Trinajstić information content (AvgIpc) is 2.65. The van der Waals surface area contributed by atoms with Gasteiger partial charge in [-0.25, -0.2) is 0 Å². The van der Waals surface area contributed by atoms with E-state index in [2.05, 4.69) is 4.98 Å². The Hall–Kier alpha value is -3.28. The van der Waals surface area contributed by atoms with Gasteiger partial charge in [0.25, 0.3) is 5.56 Å². The summed E-state index contributed by atoms with van der Waals surface area (Å²) >= 11 is 0. The molecule has 1 heterocycles. The first-order valence-electron chi connectivity index (χ1n) is 8.14. The first kappa shape index (κ1) is 17.5. The van der Waals surface area contributed by atoms with Gasteiger partial charge in [0.15, 0.2) is 0 Å². The Morgan fingerprint density at radius 1 is 1.04 bits per heavy atom. The van der Waals surface area contributed by atoms with Crippen molar-refractivity contribution < 1.29 is 14.3 Å². The van der Waals surface area contributed by atoms with Gasteiger partial charge in [-0.15, -0.1) is 0 Å². The van der Waals surface area contributed by atoms with Crippen molar-refractivity contribution in [1.29, 1.82) is 0 Å². The van der Waals surface area contributed by atoms with Crippen LogP contribution in [0, 0.1) is 0 Å². The molecule has 3 rings (SSSR count). The van der Waals surface area contributed by atoms with E-state index in [4.69, 9.17) is 9.47 Å². The number of H-pyrrole nitrogens is 1. The van der Waals surface area contributed by atoms with Gasteiger partial charge >= 0.3 is 0 Å². The van der Waals surface area contributed by atoms with Crippen molar-refractivity contribution in [3.63, 3.8) is 0 Å². The van der Waals surface area contributed by atoms with Crippen LogP contribution in [-0.4, -0.2) is 25.1 Å². The van der Waals surface area contributed by atoms with Crippen LogP contribution in [0.2, 0.25) is 0 Å². The molecule has 134 valence electrons. The fourth-order valence-corrected chi connectivity index (χ4v) is 2.81. The molecule has 0 unspecified atom stereocenters. The highest BCUT2D eigenvalue weighted by atomic mass is 16.5. The lowest BCUT2D eigenvalue weighted by atomic mass is 10.1. The molecule has 1 amide bonds. The number of fused-ring (bicyclic) bond motifs is 1. The minimum absolute atomic E-state index is 0.158. The van der Waals surface area contributed by atoms with Crippen LogP contribution >= 0.6 is 0 Å². The molecule has 0 radical (unpaired) electrons. The molecule has 0 fully saturated rings. The fourth-order valence-electron chi connectivity index (χ4n) is 2.81. The molecule has 1 N–H and O–H groups in total. The molecule has 0 bridgehead atoms. The van der Waals surface area contributed by atoms with Crippen LogP contribution in [0.25, 0.3) is 10.9 Å². The summed E-state index contributed by atoms with van der Waals surface area (Å²) in [6, 6.07) is 14.4. The predicted octanol–water partition coefficient (Wildman–Crippen LogP) is 3.10. The largest absolute Gasteiger partial charge is 0.497 e. The van der Waals surface area contributed by atoms with Crippen molar-refractivity contribution in [2.75, 3.05) is 19.1 Å². The lowest BCUT2D eigenvalue weighted by Crippen LogP contribution is -2.30. The van der Waals surface area contributed by atoms with E-state index < -0.39 is 0 Å². The zero-order valence-electron chi connectivity index (χ0n) is 14.9. The van der Waals surface area contributed by atoms with Crippen molar-refractivity contribution >= 4 is 22.5 Å². The van der Waals surface area contributed by atoms with Crippen molar-refractivity contribution in [1.82, 2.24) is 4.98 Å². The van der Waals surface area contributed by atoms with Crippen LogP contribution in [0.5, 0.6) is 11.5 Å². The number of hydrogen-bond acceptors (Lipinski definition) is 4. The first-order valence-corrected chi connectivity index (χ1v) is 8.14. The number of amides is 1. The molecular formula is C20H20N2O4. The lowest BCUT2D eigenvalue weighted by Gasteiger charge is -2.21. The molecule has 0 atom stereocenters. The third-order valence-corrected chi connectivity index (χ3v) is 4.20. The maximum atomic E-state index is 12.5. The maximum Gasteiger partial charge on any atom is 0.253 e. The Bertz CT molecular complexity index is 1010. The number of hydrogen-bond donors (Lipinski definition) is 1. The van der Waals surface area contributed by atoms with Crippen LogP contribution in [0.4, 0.5) is 5.69 Å². The number of methoxy groups -OCH3 is 2. The van der Waals surface area contributed by atoms with Crippen LogP contribution < -0.4 is 19.9 Å². The molecule has 0 aliphatic rings. The topological polar surface area (TPSA) is 71.6 Å². The molecule has 6 nitrogen and oxygen atoms in total. The summed E-state index contributed by atoms with van der Waals surface area (Å²) in [5.41, 5.74) is 1.65. The summed E-state index contributed by atoms with van der Waals surface area (Å²) < 4.78 is 10.5. The summed E-state index contributed by atoms with van der Waals surface area (Å²) in [6.07, 6.45) is 0. The van der Waals surface area contributed by atoms with Crippen LogP contribution in [0.1, 0.15) is 12.5 Å². The van der Waals surface area contributed by atoms with Gasteiger partial charge in [0.05, 0.1) is 20.8 Å². The van der Waals surface area contributed by atoms with E-state index >= 15 is 0 Å². The number of nitrogens with one attached hydrogen (secondary N) is 1. The summed E-state index contributed by atoms with van der Waals surface area (Å²) in [6.45, 7) is 1.63. The van der Waals surface area contributed by atoms with Crippen molar-refractivity contribution in [2.24, 2.45) is 0 Å². The number of pyridine rings is 1. The van der Waals surface area contributed by atoms with Crippen LogP contribution in [0.3, 0.4) is 0 Å². The van der Waals surface area contributed by atoms with Crippen molar-refractivity contribution in [3.8, 4) is 11.5 Å². The van der Waals surface area contributed by atoms with E-state index in [1.807, 2.05) is 12.1 Å². The zero-order chi connectivity index (χ0) is 18.7. The molecule has 0 aliphatic heterocycles. The molecular weight excluding hydrogens is 332 g/mol. The van der Waals surface area contributed by atoms with E-state index in [0.29, 0.717) is 22.7 Å². The number of aromatic nitrogens is 1. The van der Waals surface area contributed by atoms with Gasteiger partial charge in [-0.3, -0.25) is 9.59 Å². The second-order valence-electron chi connectivity index (χ2n) is 5.88. The number of aromatic amines is 1. The number of carbonyl (C=O) groups is 1. The molecule has 2 aromatic carbocycles. The predicted molar refractivity (Wildman–Crippen MR) is 101 cm³/mol. The molecule has 0 aliphatic carbocycles. The van der Waals surface area contributed by atoms with Gasteiger partial charge in [-0.2, -0.15) is 0 Å². The Balaban J connectivity index is 2.02. The molecule has 6 heteroatoms. The minimum Gasteiger partial charge on any atom is -0.497 e. The van der Waals surface area contributed by atoms with Crippen molar-refractivity contribution in [2.45, 2.75) is 13.5 Å². The van der Waals surface area contributed by atoms with E-state index in [1.165, 1.54) is 6.92 Å². The number of nitrogens with zero attached hydrogens (tertiary/aromatic N) is 1. The second-order valence-corrected chi connectivity index (χ2v) is 5.88. The Morgan fingerprint density at radius 2 is 1.77 bits per heavy atom. The van der Waals surface area contributed by atoms with Gasteiger partial charge in [0.2, 0.25) is 5.91 Å². The quantitative estimate of drug-likeness (QED) is 0.766. The molecule has 1 aromatic heterocycles.